The summed E-state index contributed by atoms with van der Waals surface area (Å²) in [6, 6.07) is 18.5. The van der Waals surface area contributed by atoms with Gasteiger partial charge in [-0.05, 0) is 66.7 Å². The Morgan fingerprint density at radius 2 is 1.73 bits per heavy atom. The van der Waals surface area contributed by atoms with Crippen LogP contribution >= 0.6 is 23.3 Å². The summed E-state index contributed by atoms with van der Waals surface area (Å²) in [5.41, 5.74) is 1.71. The Morgan fingerprint density at radius 3 is 2.47 bits per heavy atom. The fourth-order valence-electron chi connectivity index (χ4n) is 3.98. The van der Waals surface area contributed by atoms with E-state index < -0.39 is 0 Å². The highest BCUT2D eigenvalue weighted by atomic mass is 32.2. The van der Waals surface area contributed by atoms with Gasteiger partial charge in [0.2, 0.25) is 0 Å². The van der Waals surface area contributed by atoms with E-state index in [-0.39, 0.29) is 5.56 Å². The molecule has 1 aliphatic carbocycles. The molecule has 0 aliphatic heterocycles. The molecule has 1 fully saturated rings. The van der Waals surface area contributed by atoms with E-state index in [1.54, 1.807) is 11.8 Å². The first-order valence-electron chi connectivity index (χ1n) is 10.6. The van der Waals surface area contributed by atoms with Gasteiger partial charge >= 0.3 is 0 Å². The van der Waals surface area contributed by atoms with Gasteiger partial charge in [-0.15, -0.1) is 0 Å². The van der Waals surface area contributed by atoms with Crippen LogP contribution in [0, 0.1) is 11.3 Å². The predicted molar refractivity (Wildman–Crippen MR) is 128 cm³/mol. The highest BCUT2D eigenvalue weighted by molar-refractivity contribution is 7.99. The van der Waals surface area contributed by atoms with E-state index in [0.717, 1.165) is 22.0 Å². The topological polar surface area (TPSA) is 68.7 Å². The van der Waals surface area contributed by atoms with Crippen LogP contribution in [0.5, 0.6) is 0 Å². The lowest BCUT2D eigenvalue weighted by Gasteiger charge is -2.21. The molecular weight excluding hydrogens is 410 g/mol. The maximum Gasteiger partial charge on any atom is 0.269 e. The summed E-state index contributed by atoms with van der Waals surface area (Å²) < 4.78 is 2.80. The summed E-state index contributed by atoms with van der Waals surface area (Å²) in [5, 5.41) is 12.6. The Hall–Kier alpha value is -2.31. The summed E-state index contributed by atoms with van der Waals surface area (Å²) >= 11 is 2.99. The van der Waals surface area contributed by atoms with Crippen molar-refractivity contribution in [2.75, 3.05) is 5.32 Å². The summed E-state index contributed by atoms with van der Waals surface area (Å²) in [7, 11) is 0. The third kappa shape index (κ3) is 5.43. The van der Waals surface area contributed by atoms with E-state index >= 15 is 0 Å². The van der Waals surface area contributed by atoms with Gasteiger partial charge in [0.1, 0.15) is 5.00 Å². The van der Waals surface area contributed by atoms with Crippen LogP contribution in [0.3, 0.4) is 0 Å². The molecule has 4 rings (SSSR count). The number of anilines is 2. The maximum atomic E-state index is 12.4. The first-order chi connectivity index (χ1) is 14.7. The minimum Gasteiger partial charge on any atom is -0.345 e. The second kappa shape index (κ2) is 10.1. The number of aromatic amines is 1. The normalized spacial score (nSPS) is 14.5. The van der Waals surface area contributed by atoms with Gasteiger partial charge in [-0.25, -0.2) is 0 Å². The molecular formula is C24H27N3OS2. The van der Waals surface area contributed by atoms with Crippen LogP contribution < -0.4 is 10.9 Å². The molecule has 1 saturated carbocycles. The third-order valence-corrected chi connectivity index (χ3v) is 7.43. The van der Waals surface area contributed by atoms with Crippen LogP contribution in [0.1, 0.15) is 50.5 Å². The predicted octanol–water partition coefficient (Wildman–Crippen LogP) is 7.06. The SMILES string of the molecule is N=C(CCC1CCCCC1)c1c(Nc2ccc(Sc3ccccc3)cc2)s[nH]c1=O. The van der Waals surface area contributed by atoms with Gasteiger partial charge in [0.05, 0.1) is 5.56 Å². The highest BCUT2D eigenvalue weighted by Gasteiger charge is 2.19. The average molecular weight is 438 g/mol. The zero-order chi connectivity index (χ0) is 20.8. The maximum absolute atomic E-state index is 12.4. The molecule has 0 amide bonds. The van der Waals surface area contributed by atoms with E-state index in [2.05, 4.69) is 34.0 Å². The number of H-pyrrole nitrogens is 1. The second-order valence-corrected chi connectivity index (χ2v) is 9.79. The molecule has 2 aromatic carbocycles. The van der Waals surface area contributed by atoms with Crippen LogP contribution in [0.4, 0.5) is 10.7 Å². The van der Waals surface area contributed by atoms with Gasteiger partial charge in [-0.3, -0.25) is 9.17 Å². The van der Waals surface area contributed by atoms with Gasteiger partial charge in [0.15, 0.2) is 0 Å². The summed E-state index contributed by atoms with van der Waals surface area (Å²) in [4.78, 5) is 14.7. The van der Waals surface area contributed by atoms with Crippen LogP contribution in [0.25, 0.3) is 0 Å². The Labute approximate surface area is 185 Å². The number of benzene rings is 2. The smallest absolute Gasteiger partial charge is 0.269 e. The number of hydrogen-bond donors (Lipinski definition) is 3. The molecule has 1 heterocycles. The summed E-state index contributed by atoms with van der Waals surface area (Å²) in [5.74, 6) is 0.711. The Kier molecular flexibility index (Phi) is 7.07. The second-order valence-electron chi connectivity index (χ2n) is 7.82. The molecule has 0 bridgehead atoms. The van der Waals surface area contributed by atoms with E-state index in [1.165, 1.54) is 48.5 Å². The molecule has 1 aromatic heterocycles. The standard InChI is InChI=1S/C24H27N3OS2/c25-21(16-11-17-7-3-1-4-8-17)22-23(28)27-30-24(22)26-18-12-14-20(15-13-18)29-19-9-5-2-6-10-19/h2,5-6,9-10,12-15,17,25-26H,1,3-4,7-8,11,16H2,(H,27,28). The van der Waals surface area contributed by atoms with Gasteiger partial charge in [0, 0.05) is 21.2 Å². The lowest BCUT2D eigenvalue weighted by Crippen LogP contribution is -2.16. The van der Waals surface area contributed by atoms with Crippen molar-refractivity contribution in [3.63, 3.8) is 0 Å². The van der Waals surface area contributed by atoms with Crippen molar-refractivity contribution in [1.82, 2.24) is 4.37 Å². The van der Waals surface area contributed by atoms with Crippen molar-refractivity contribution < 1.29 is 0 Å². The first-order valence-corrected chi connectivity index (χ1v) is 12.2. The molecule has 156 valence electrons. The molecule has 4 nitrogen and oxygen atoms in total. The largest absolute Gasteiger partial charge is 0.345 e. The van der Waals surface area contributed by atoms with Gasteiger partial charge < -0.3 is 10.7 Å². The number of nitrogens with one attached hydrogen (secondary N) is 3. The zero-order valence-corrected chi connectivity index (χ0v) is 18.6. The van der Waals surface area contributed by atoms with Crippen LogP contribution in [-0.2, 0) is 0 Å². The fourth-order valence-corrected chi connectivity index (χ4v) is 5.60. The highest BCUT2D eigenvalue weighted by Crippen LogP contribution is 2.31. The fraction of sp³-hybridized carbons (Fsp3) is 0.333. The molecule has 0 radical (unpaired) electrons. The van der Waals surface area contributed by atoms with Crippen LogP contribution in [0.15, 0.2) is 69.2 Å². The van der Waals surface area contributed by atoms with Crippen molar-refractivity contribution in [2.45, 2.75) is 54.7 Å². The van der Waals surface area contributed by atoms with E-state index in [1.807, 2.05) is 30.3 Å². The third-order valence-electron chi connectivity index (χ3n) is 5.62. The molecule has 1 aliphatic rings. The monoisotopic (exact) mass is 437 g/mol. The first kappa shape index (κ1) is 20.9. The Morgan fingerprint density at radius 1 is 1.03 bits per heavy atom. The lowest BCUT2D eigenvalue weighted by molar-refractivity contribution is 0.343. The van der Waals surface area contributed by atoms with Crippen molar-refractivity contribution in [3.8, 4) is 0 Å². The van der Waals surface area contributed by atoms with Gasteiger partial charge in [-0.1, -0.05) is 62.1 Å². The zero-order valence-electron chi connectivity index (χ0n) is 16.9. The lowest BCUT2D eigenvalue weighted by atomic mass is 9.85. The van der Waals surface area contributed by atoms with Crippen LogP contribution in [0.2, 0.25) is 0 Å². The molecule has 6 heteroatoms. The number of rotatable bonds is 8. The van der Waals surface area contributed by atoms with Gasteiger partial charge in [0.25, 0.3) is 5.56 Å². The molecule has 30 heavy (non-hydrogen) atoms. The summed E-state index contributed by atoms with van der Waals surface area (Å²) in [6.07, 6.45) is 8.18. The van der Waals surface area contributed by atoms with Crippen LogP contribution in [-0.4, -0.2) is 10.1 Å². The molecule has 0 atom stereocenters. The number of hydrogen-bond acceptors (Lipinski definition) is 5. The molecule has 0 spiro atoms. The molecule has 3 aromatic rings. The van der Waals surface area contributed by atoms with Crippen molar-refractivity contribution >= 4 is 39.7 Å². The Bertz CT molecular complexity index is 1020. The minimum atomic E-state index is -0.160. The van der Waals surface area contributed by atoms with E-state index in [0.29, 0.717) is 23.6 Å². The number of aromatic nitrogens is 1. The van der Waals surface area contributed by atoms with E-state index in [4.69, 9.17) is 5.41 Å². The van der Waals surface area contributed by atoms with Gasteiger partial charge in [-0.2, -0.15) is 0 Å². The molecule has 0 unspecified atom stereocenters. The molecule has 3 N–H and O–H groups in total. The van der Waals surface area contributed by atoms with Crippen molar-refractivity contribution in [2.24, 2.45) is 5.92 Å². The Balaban J connectivity index is 1.40. The van der Waals surface area contributed by atoms with Crippen molar-refractivity contribution in [1.29, 1.82) is 5.41 Å². The minimum absolute atomic E-state index is 0.160. The van der Waals surface area contributed by atoms with Crippen molar-refractivity contribution in [3.05, 3.63) is 70.5 Å². The average Bonchev–Trinajstić information content (AvgIpc) is 3.15. The van der Waals surface area contributed by atoms with E-state index in [9.17, 15) is 4.79 Å². The molecule has 0 saturated heterocycles. The summed E-state index contributed by atoms with van der Waals surface area (Å²) in [6.45, 7) is 0. The quantitative estimate of drug-likeness (QED) is 0.330.